The van der Waals surface area contributed by atoms with E-state index in [-0.39, 0.29) is 18.3 Å². The van der Waals surface area contributed by atoms with Crippen LogP contribution in [0.2, 0.25) is 0 Å². The van der Waals surface area contributed by atoms with Crippen LogP contribution in [0.3, 0.4) is 0 Å². The lowest BCUT2D eigenvalue weighted by Crippen LogP contribution is -2.35. The van der Waals surface area contributed by atoms with Crippen molar-refractivity contribution in [2.45, 2.75) is 23.6 Å². The highest BCUT2D eigenvalue weighted by atomic mass is 32.2. The van der Waals surface area contributed by atoms with E-state index >= 15 is 0 Å². The number of benzene rings is 1. The van der Waals surface area contributed by atoms with Crippen molar-refractivity contribution in [3.8, 4) is 5.75 Å². The smallest absolute Gasteiger partial charge is 0.155 e. The van der Waals surface area contributed by atoms with E-state index in [1.165, 1.54) is 0 Å². The molecular weight excluding hydrogens is 266 g/mol. The zero-order valence-electron chi connectivity index (χ0n) is 11.0. The minimum Gasteiger partial charge on any atom is -0.497 e. The summed E-state index contributed by atoms with van der Waals surface area (Å²) < 4.78 is 29.1. The summed E-state index contributed by atoms with van der Waals surface area (Å²) in [5.74, 6) is 0.378. The van der Waals surface area contributed by atoms with E-state index in [1.54, 1.807) is 38.3 Å². The largest absolute Gasteiger partial charge is 0.497 e. The number of hydrogen-bond donors (Lipinski definition) is 2. The first kappa shape index (κ1) is 14.3. The van der Waals surface area contributed by atoms with E-state index in [0.717, 1.165) is 5.56 Å². The number of ether oxygens (including phenoxy) is 1. The Balaban J connectivity index is 2.34. The van der Waals surface area contributed by atoms with Crippen molar-refractivity contribution in [2.24, 2.45) is 5.73 Å². The molecule has 6 heteroatoms. The second-order valence-corrected chi connectivity index (χ2v) is 7.30. The minimum absolute atomic E-state index is 0.0310. The van der Waals surface area contributed by atoms with E-state index in [2.05, 4.69) is 0 Å². The Labute approximate surface area is 113 Å². The van der Waals surface area contributed by atoms with Crippen LogP contribution >= 0.6 is 0 Å². The van der Waals surface area contributed by atoms with Crippen LogP contribution in [-0.4, -0.2) is 43.8 Å². The summed E-state index contributed by atoms with van der Waals surface area (Å²) in [4.78, 5) is 0. The molecular formula is C13H19NO4S. The number of aliphatic hydroxyl groups excluding tert-OH is 1. The van der Waals surface area contributed by atoms with Gasteiger partial charge in [0, 0.05) is 11.7 Å². The molecule has 5 nitrogen and oxygen atoms in total. The summed E-state index contributed by atoms with van der Waals surface area (Å²) in [5, 5.41) is 8.71. The van der Waals surface area contributed by atoms with Gasteiger partial charge in [0.2, 0.25) is 0 Å². The van der Waals surface area contributed by atoms with Gasteiger partial charge in [0.15, 0.2) is 9.84 Å². The third-order valence-electron chi connectivity index (χ3n) is 3.84. The maximum Gasteiger partial charge on any atom is 0.155 e. The predicted molar refractivity (Wildman–Crippen MR) is 73.0 cm³/mol. The number of rotatable bonds is 5. The van der Waals surface area contributed by atoms with Gasteiger partial charge < -0.3 is 15.6 Å². The number of sulfone groups is 1. The van der Waals surface area contributed by atoms with Gasteiger partial charge in [-0.1, -0.05) is 19.1 Å². The molecule has 1 aromatic rings. The van der Waals surface area contributed by atoms with Crippen LogP contribution in [0.15, 0.2) is 24.3 Å². The van der Waals surface area contributed by atoms with E-state index in [0.29, 0.717) is 5.75 Å². The van der Waals surface area contributed by atoms with Gasteiger partial charge in [-0.3, -0.25) is 0 Å². The summed E-state index contributed by atoms with van der Waals surface area (Å²) in [7, 11) is -1.71. The molecule has 0 aliphatic heterocycles. The van der Waals surface area contributed by atoms with Crippen LogP contribution in [0, 0.1) is 0 Å². The van der Waals surface area contributed by atoms with E-state index in [4.69, 9.17) is 10.5 Å². The fourth-order valence-electron chi connectivity index (χ4n) is 2.63. The molecule has 1 aliphatic rings. The van der Waals surface area contributed by atoms with E-state index < -0.39 is 20.6 Å². The standard InChI is InChI=1S/C13H19NO4S/c1-3-19(16,17)12-11(13(12,14)8-15)9-4-6-10(18-2)7-5-9/h4-7,11-12,15H,3,8,14H2,1-2H3/t11-,12-,13-/m0/s1. The average molecular weight is 285 g/mol. The quantitative estimate of drug-likeness (QED) is 0.811. The molecule has 0 saturated heterocycles. The molecule has 0 heterocycles. The molecule has 2 rings (SSSR count). The average Bonchev–Trinajstić information content (AvgIpc) is 3.07. The fourth-order valence-corrected chi connectivity index (χ4v) is 4.62. The van der Waals surface area contributed by atoms with Crippen molar-refractivity contribution in [3.63, 3.8) is 0 Å². The molecule has 0 amide bonds. The number of aliphatic hydroxyl groups is 1. The molecule has 3 atom stereocenters. The number of methoxy groups -OCH3 is 1. The summed E-state index contributed by atoms with van der Waals surface area (Å²) in [6, 6.07) is 7.13. The number of hydrogen-bond acceptors (Lipinski definition) is 5. The molecule has 19 heavy (non-hydrogen) atoms. The Morgan fingerprint density at radius 2 is 1.95 bits per heavy atom. The summed E-state index contributed by atoms with van der Waals surface area (Å²) in [6.07, 6.45) is 0. The van der Waals surface area contributed by atoms with Crippen LogP contribution < -0.4 is 10.5 Å². The van der Waals surface area contributed by atoms with Gasteiger partial charge in [0.05, 0.1) is 24.5 Å². The first-order valence-electron chi connectivity index (χ1n) is 6.16. The Kier molecular flexibility index (Phi) is 3.59. The van der Waals surface area contributed by atoms with Crippen LogP contribution in [0.4, 0.5) is 0 Å². The molecule has 0 bridgehead atoms. The van der Waals surface area contributed by atoms with Crippen molar-refractivity contribution in [1.29, 1.82) is 0 Å². The van der Waals surface area contributed by atoms with Crippen molar-refractivity contribution in [1.82, 2.24) is 0 Å². The zero-order chi connectivity index (χ0) is 14.3. The van der Waals surface area contributed by atoms with Gasteiger partial charge >= 0.3 is 0 Å². The molecule has 1 saturated carbocycles. The van der Waals surface area contributed by atoms with Gasteiger partial charge in [-0.25, -0.2) is 8.42 Å². The SMILES string of the molecule is CCS(=O)(=O)[C@H]1[C@H](c2ccc(OC)cc2)[C@@]1(N)CO. The van der Waals surface area contributed by atoms with Crippen molar-refractivity contribution < 1.29 is 18.3 Å². The molecule has 0 radical (unpaired) electrons. The summed E-state index contributed by atoms with van der Waals surface area (Å²) in [5.41, 5.74) is 5.79. The molecule has 1 fully saturated rings. The topological polar surface area (TPSA) is 89.6 Å². The van der Waals surface area contributed by atoms with Gasteiger partial charge in [0.1, 0.15) is 5.75 Å². The zero-order valence-corrected chi connectivity index (χ0v) is 11.9. The molecule has 1 aromatic carbocycles. The maximum atomic E-state index is 12.0. The Morgan fingerprint density at radius 1 is 1.37 bits per heavy atom. The van der Waals surface area contributed by atoms with Crippen LogP contribution in [0.5, 0.6) is 5.75 Å². The van der Waals surface area contributed by atoms with Crippen LogP contribution in [-0.2, 0) is 9.84 Å². The Morgan fingerprint density at radius 3 is 2.37 bits per heavy atom. The van der Waals surface area contributed by atoms with Crippen molar-refractivity contribution in [2.75, 3.05) is 19.5 Å². The number of nitrogens with two attached hydrogens (primary N) is 1. The Bertz CT molecular complexity index is 555. The first-order valence-corrected chi connectivity index (χ1v) is 7.87. The van der Waals surface area contributed by atoms with Crippen LogP contribution in [0.1, 0.15) is 18.4 Å². The summed E-state index contributed by atoms with van der Waals surface area (Å²) >= 11 is 0. The first-order chi connectivity index (χ1) is 8.90. The molecule has 106 valence electrons. The van der Waals surface area contributed by atoms with Gasteiger partial charge in [-0.05, 0) is 17.7 Å². The predicted octanol–water partition coefficient (Wildman–Crippen LogP) is 0.286. The molecule has 3 N–H and O–H groups in total. The van der Waals surface area contributed by atoms with E-state index in [1.807, 2.05) is 0 Å². The Hall–Kier alpha value is -1.11. The fraction of sp³-hybridized carbons (Fsp3) is 0.538. The second-order valence-electron chi connectivity index (χ2n) is 4.89. The van der Waals surface area contributed by atoms with Crippen LogP contribution in [0.25, 0.3) is 0 Å². The lowest BCUT2D eigenvalue weighted by Gasteiger charge is -2.07. The molecule has 0 spiro atoms. The van der Waals surface area contributed by atoms with Crippen molar-refractivity contribution in [3.05, 3.63) is 29.8 Å². The van der Waals surface area contributed by atoms with Gasteiger partial charge in [-0.2, -0.15) is 0 Å². The van der Waals surface area contributed by atoms with Gasteiger partial charge in [0.25, 0.3) is 0 Å². The normalized spacial score (nSPS) is 30.1. The molecule has 0 aromatic heterocycles. The summed E-state index contributed by atoms with van der Waals surface area (Å²) in [6.45, 7) is 1.25. The maximum absolute atomic E-state index is 12.0. The minimum atomic E-state index is -3.27. The second kappa shape index (κ2) is 4.77. The highest BCUT2D eigenvalue weighted by Gasteiger charge is 2.68. The lowest BCUT2D eigenvalue weighted by molar-refractivity contribution is 0.253. The van der Waals surface area contributed by atoms with E-state index in [9.17, 15) is 13.5 Å². The van der Waals surface area contributed by atoms with Crippen molar-refractivity contribution >= 4 is 9.84 Å². The molecule has 1 aliphatic carbocycles. The third-order valence-corrected chi connectivity index (χ3v) is 6.13. The third kappa shape index (κ3) is 2.24. The molecule has 0 unspecified atom stereocenters. The highest BCUT2D eigenvalue weighted by molar-refractivity contribution is 7.92. The lowest BCUT2D eigenvalue weighted by atomic mass is 10.1. The monoisotopic (exact) mass is 285 g/mol. The highest BCUT2D eigenvalue weighted by Crippen LogP contribution is 2.54. The van der Waals surface area contributed by atoms with Gasteiger partial charge in [-0.15, -0.1) is 0 Å².